The summed E-state index contributed by atoms with van der Waals surface area (Å²) in [6.07, 6.45) is 5.55. The summed E-state index contributed by atoms with van der Waals surface area (Å²) in [5, 5.41) is 0. The summed E-state index contributed by atoms with van der Waals surface area (Å²) in [6, 6.07) is 19.3. The second-order valence-corrected chi connectivity index (χ2v) is 13.4. The lowest BCUT2D eigenvalue weighted by Gasteiger charge is -2.59. The molecule has 4 heteroatoms. The monoisotopic (exact) mass is 503 g/mol. The van der Waals surface area contributed by atoms with Gasteiger partial charge in [0, 0.05) is 43.8 Å². The first-order chi connectivity index (χ1) is 17.7. The van der Waals surface area contributed by atoms with Gasteiger partial charge in [-0.2, -0.15) is 0 Å². The van der Waals surface area contributed by atoms with Crippen LogP contribution in [-0.2, 0) is 6.54 Å². The van der Waals surface area contributed by atoms with E-state index >= 15 is 0 Å². The fraction of sp³-hybridized carbons (Fsp3) is 0.636. The molecule has 1 aliphatic carbocycles. The minimum atomic E-state index is 0.303. The third-order valence-corrected chi connectivity index (χ3v) is 9.61. The molecule has 1 atom stereocenters. The Morgan fingerprint density at radius 1 is 0.946 bits per heavy atom. The van der Waals surface area contributed by atoms with Gasteiger partial charge in [-0.15, -0.1) is 0 Å². The predicted octanol–water partition coefficient (Wildman–Crippen LogP) is 6.72. The smallest absolute Gasteiger partial charge is 0.118 e. The summed E-state index contributed by atoms with van der Waals surface area (Å²) in [7, 11) is 1.74. The highest BCUT2D eigenvalue weighted by Gasteiger charge is 2.50. The lowest BCUT2D eigenvalue weighted by molar-refractivity contribution is -0.0857. The van der Waals surface area contributed by atoms with Crippen molar-refractivity contribution in [3.05, 3.63) is 65.2 Å². The average molecular weight is 504 g/mol. The predicted molar refractivity (Wildman–Crippen MR) is 154 cm³/mol. The van der Waals surface area contributed by atoms with Gasteiger partial charge in [0.05, 0.1) is 7.11 Å². The molecule has 0 bridgehead atoms. The fourth-order valence-corrected chi connectivity index (χ4v) is 7.08. The number of rotatable bonds is 6. The molecule has 0 amide bonds. The number of nitrogens with zero attached hydrogens (tertiary/aromatic N) is 3. The van der Waals surface area contributed by atoms with Gasteiger partial charge in [-0.25, -0.2) is 0 Å². The van der Waals surface area contributed by atoms with Gasteiger partial charge in [-0.05, 0) is 99.7 Å². The van der Waals surface area contributed by atoms with Gasteiger partial charge in [0.15, 0.2) is 0 Å². The lowest BCUT2D eigenvalue weighted by Crippen LogP contribution is -2.60. The van der Waals surface area contributed by atoms with E-state index in [0.717, 1.165) is 31.4 Å². The minimum absolute atomic E-state index is 0.303. The molecule has 2 aromatic carbocycles. The van der Waals surface area contributed by atoms with Gasteiger partial charge in [-0.1, -0.05) is 50.2 Å². The van der Waals surface area contributed by atoms with Crippen molar-refractivity contribution < 1.29 is 4.74 Å². The van der Waals surface area contributed by atoms with Crippen molar-refractivity contribution in [3.63, 3.8) is 0 Å². The van der Waals surface area contributed by atoms with Crippen LogP contribution in [0.2, 0.25) is 0 Å². The SMILES string of the molecule is COc1ccc(CN2CCN(C3CC4(CCN(C(C)(C)C)CC4)C3)C(c3cccc(C(C)C)c3)C2)cc1. The molecule has 202 valence electrons. The maximum Gasteiger partial charge on any atom is 0.118 e. The number of piperidine rings is 1. The number of ether oxygens (including phenoxy) is 1. The van der Waals surface area contributed by atoms with Crippen LogP contribution < -0.4 is 4.74 Å². The van der Waals surface area contributed by atoms with Crippen LogP contribution in [0.3, 0.4) is 0 Å². The molecule has 2 aromatic rings. The zero-order valence-corrected chi connectivity index (χ0v) is 24.2. The van der Waals surface area contributed by atoms with Crippen LogP contribution >= 0.6 is 0 Å². The molecule has 2 saturated heterocycles. The lowest BCUT2D eigenvalue weighted by atomic mass is 9.59. The topological polar surface area (TPSA) is 19.0 Å². The summed E-state index contributed by atoms with van der Waals surface area (Å²) in [5.74, 6) is 1.50. The van der Waals surface area contributed by atoms with Crippen LogP contribution in [0.15, 0.2) is 48.5 Å². The van der Waals surface area contributed by atoms with E-state index in [9.17, 15) is 0 Å². The van der Waals surface area contributed by atoms with Crippen LogP contribution in [0.5, 0.6) is 5.75 Å². The Labute approximate surface area is 226 Å². The van der Waals surface area contributed by atoms with Crippen LogP contribution in [0.1, 0.15) is 89.0 Å². The van der Waals surface area contributed by atoms with Crippen molar-refractivity contribution in [2.24, 2.45) is 5.41 Å². The fourth-order valence-electron chi connectivity index (χ4n) is 7.08. The summed E-state index contributed by atoms with van der Waals surface area (Å²) in [4.78, 5) is 8.26. The highest BCUT2D eigenvalue weighted by molar-refractivity contribution is 5.30. The van der Waals surface area contributed by atoms with E-state index in [0.29, 0.717) is 22.9 Å². The van der Waals surface area contributed by atoms with E-state index < -0.39 is 0 Å². The summed E-state index contributed by atoms with van der Waals surface area (Å²) in [5.41, 5.74) is 5.24. The van der Waals surface area contributed by atoms with Crippen LogP contribution in [-0.4, -0.2) is 66.1 Å². The molecule has 37 heavy (non-hydrogen) atoms. The summed E-state index contributed by atoms with van der Waals surface area (Å²) >= 11 is 0. The maximum absolute atomic E-state index is 5.37. The highest BCUT2D eigenvalue weighted by Crippen LogP contribution is 2.53. The molecule has 0 N–H and O–H groups in total. The molecule has 2 heterocycles. The number of methoxy groups -OCH3 is 1. The molecule has 5 rings (SSSR count). The minimum Gasteiger partial charge on any atom is -0.497 e. The third-order valence-electron chi connectivity index (χ3n) is 9.61. The number of hydrogen-bond donors (Lipinski definition) is 0. The molecular formula is C33H49N3O. The summed E-state index contributed by atoms with van der Waals surface area (Å²) < 4.78 is 5.37. The number of likely N-dealkylation sites (tertiary alicyclic amines) is 1. The van der Waals surface area contributed by atoms with E-state index in [-0.39, 0.29) is 0 Å². The Balaban J connectivity index is 1.29. The van der Waals surface area contributed by atoms with Crippen LogP contribution in [0, 0.1) is 5.41 Å². The van der Waals surface area contributed by atoms with Crippen molar-refractivity contribution >= 4 is 0 Å². The van der Waals surface area contributed by atoms with Crippen molar-refractivity contribution in [2.75, 3.05) is 39.8 Å². The van der Waals surface area contributed by atoms with E-state index in [4.69, 9.17) is 4.74 Å². The van der Waals surface area contributed by atoms with E-state index in [1.807, 2.05) is 0 Å². The zero-order valence-electron chi connectivity index (χ0n) is 24.2. The second-order valence-electron chi connectivity index (χ2n) is 13.4. The van der Waals surface area contributed by atoms with Crippen LogP contribution in [0.4, 0.5) is 0 Å². The van der Waals surface area contributed by atoms with Crippen molar-refractivity contribution in [3.8, 4) is 5.75 Å². The molecule has 2 aliphatic heterocycles. The molecule has 4 nitrogen and oxygen atoms in total. The molecule has 1 saturated carbocycles. The van der Waals surface area contributed by atoms with Gasteiger partial charge in [0.2, 0.25) is 0 Å². The largest absolute Gasteiger partial charge is 0.497 e. The van der Waals surface area contributed by atoms with Gasteiger partial charge >= 0.3 is 0 Å². The van der Waals surface area contributed by atoms with Crippen LogP contribution in [0.25, 0.3) is 0 Å². The quantitative estimate of drug-likeness (QED) is 0.435. The van der Waals surface area contributed by atoms with Gasteiger partial charge in [0.1, 0.15) is 5.75 Å². The Hall–Kier alpha value is -1.88. The first kappa shape index (κ1) is 26.7. The van der Waals surface area contributed by atoms with Gasteiger partial charge in [0.25, 0.3) is 0 Å². The normalized spacial score (nSPS) is 23.9. The molecular weight excluding hydrogens is 454 g/mol. The van der Waals surface area contributed by atoms with Crippen molar-refractivity contribution in [1.82, 2.24) is 14.7 Å². The molecule has 3 fully saturated rings. The Morgan fingerprint density at radius 2 is 1.65 bits per heavy atom. The van der Waals surface area contributed by atoms with Crippen molar-refractivity contribution in [1.29, 1.82) is 0 Å². The molecule has 0 radical (unpaired) electrons. The Morgan fingerprint density at radius 3 is 2.27 bits per heavy atom. The molecule has 0 aromatic heterocycles. The number of piperazine rings is 1. The van der Waals surface area contributed by atoms with Gasteiger partial charge < -0.3 is 4.74 Å². The molecule has 1 unspecified atom stereocenters. The third kappa shape index (κ3) is 5.92. The van der Waals surface area contributed by atoms with Gasteiger partial charge in [-0.3, -0.25) is 14.7 Å². The molecule has 1 spiro atoms. The summed E-state index contributed by atoms with van der Waals surface area (Å²) in [6.45, 7) is 18.7. The maximum atomic E-state index is 5.37. The first-order valence-corrected chi connectivity index (χ1v) is 14.6. The highest BCUT2D eigenvalue weighted by atomic mass is 16.5. The van der Waals surface area contributed by atoms with E-state index in [2.05, 4.69) is 97.8 Å². The molecule has 3 aliphatic rings. The average Bonchev–Trinajstić information content (AvgIpc) is 2.87. The van der Waals surface area contributed by atoms with E-state index in [1.54, 1.807) is 7.11 Å². The zero-order chi connectivity index (χ0) is 26.2. The standard InChI is InChI=1S/C33H49N3O/c1-25(2)27-8-7-9-28(20-27)31-24-34(23-26-10-12-30(37-6)13-11-26)18-19-36(31)29-21-33(22-29)14-16-35(17-15-33)32(3,4)5/h7-13,20,25,29,31H,14-19,21-24H2,1-6H3. The van der Waals surface area contributed by atoms with E-state index in [1.165, 1.54) is 62.0 Å². The number of benzene rings is 2. The first-order valence-electron chi connectivity index (χ1n) is 14.6. The Bertz CT molecular complexity index is 1020. The Kier molecular flexibility index (Phi) is 7.73. The van der Waals surface area contributed by atoms with Crippen molar-refractivity contribution in [2.45, 2.75) is 90.4 Å². The second kappa shape index (κ2) is 10.7. The number of hydrogen-bond acceptors (Lipinski definition) is 4.